The second kappa shape index (κ2) is 4.94. The van der Waals surface area contributed by atoms with Crippen LogP contribution in [0.25, 0.3) is 5.70 Å². The fraction of sp³-hybridized carbons (Fsp3) is 0.143. The monoisotopic (exact) mass is 267 g/mol. The van der Waals surface area contributed by atoms with E-state index in [1.54, 1.807) is 17.1 Å². The molecule has 1 aromatic carbocycles. The number of likely N-dealkylation sites (N-methyl/N-ethyl adjacent to an activating group) is 1. The Morgan fingerprint density at radius 1 is 1.28 bits per heavy atom. The quantitative estimate of drug-likeness (QED) is 0.773. The third-order valence-electron chi connectivity index (χ3n) is 2.80. The number of halogens is 3. The van der Waals surface area contributed by atoms with Crippen LogP contribution in [-0.2, 0) is 0 Å². The van der Waals surface area contributed by atoms with Crippen molar-refractivity contribution in [2.24, 2.45) is 0 Å². The average Bonchev–Trinajstić information content (AvgIpc) is 2.33. The van der Waals surface area contributed by atoms with E-state index in [-0.39, 0.29) is 0 Å². The van der Waals surface area contributed by atoms with Gasteiger partial charge in [0.25, 0.3) is 0 Å². The van der Waals surface area contributed by atoms with Gasteiger partial charge in [0.2, 0.25) is 0 Å². The van der Waals surface area contributed by atoms with Gasteiger partial charge in [-0.15, -0.1) is 0 Å². The van der Waals surface area contributed by atoms with E-state index >= 15 is 0 Å². The lowest BCUT2D eigenvalue weighted by atomic mass is 10.1. The summed E-state index contributed by atoms with van der Waals surface area (Å²) in [6, 6.07) is 3.52. The fourth-order valence-electron chi connectivity index (χ4n) is 1.91. The maximum absolute atomic E-state index is 13.8. The first-order valence-corrected chi connectivity index (χ1v) is 5.92. The number of hydrogen-bond acceptors (Lipinski definition) is 1. The van der Waals surface area contributed by atoms with Crippen molar-refractivity contribution in [1.82, 2.24) is 4.90 Å². The van der Waals surface area contributed by atoms with Crippen LogP contribution in [0.5, 0.6) is 0 Å². The molecule has 0 aliphatic carbocycles. The Morgan fingerprint density at radius 2 is 2.00 bits per heavy atom. The van der Waals surface area contributed by atoms with E-state index in [1.165, 1.54) is 12.1 Å². The molecule has 0 saturated carbocycles. The molecule has 0 unspecified atom stereocenters. The van der Waals surface area contributed by atoms with Crippen LogP contribution in [0.4, 0.5) is 8.78 Å². The van der Waals surface area contributed by atoms with Crippen LogP contribution in [0.3, 0.4) is 0 Å². The van der Waals surface area contributed by atoms with Gasteiger partial charge < -0.3 is 4.90 Å². The highest BCUT2D eigenvalue weighted by atomic mass is 35.5. The highest BCUT2D eigenvalue weighted by molar-refractivity contribution is 6.32. The first-order chi connectivity index (χ1) is 8.54. The molecule has 0 N–H and O–H groups in total. The average molecular weight is 268 g/mol. The smallest absolute Gasteiger partial charge is 0.135 e. The van der Waals surface area contributed by atoms with E-state index in [1.807, 2.05) is 6.92 Å². The minimum atomic E-state index is -0.598. The Kier molecular flexibility index (Phi) is 3.53. The summed E-state index contributed by atoms with van der Waals surface area (Å²) in [5.74, 6) is -1.19. The molecule has 1 aliphatic rings. The van der Waals surface area contributed by atoms with Gasteiger partial charge in [0, 0.05) is 18.2 Å². The van der Waals surface area contributed by atoms with Gasteiger partial charge in [0.15, 0.2) is 0 Å². The van der Waals surface area contributed by atoms with Gasteiger partial charge in [-0.25, -0.2) is 8.78 Å². The lowest BCUT2D eigenvalue weighted by Crippen LogP contribution is -2.23. The van der Waals surface area contributed by atoms with E-state index in [0.29, 0.717) is 28.5 Å². The van der Waals surface area contributed by atoms with Crippen LogP contribution >= 0.6 is 11.6 Å². The lowest BCUT2D eigenvalue weighted by Gasteiger charge is -2.30. The van der Waals surface area contributed by atoms with Gasteiger partial charge in [0.1, 0.15) is 11.6 Å². The summed E-state index contributed by atoms with van der Waals surface area (Å²) < 4.78 is 26.7. The second-order valence-corrected chi connectivity index (χ2v) is 4.29. The van der Waals surface area contributed by atoms with Gasteiger partial charge in [-0.1, -0.05) is 18.2 Å². The molecular weight excluding hydrogens is 256 g/mol. The van der Waals surface area contributed by atoms with Crippen LogP contribution in [0.1, 0.15) is 12.5 Å². The van der Waals surface area contributed by atoms with Crippen molar-refractivity contribution < 1.29 is 8.78 Å². The van der Waals surface area contributed by atoms with Gasteiger partial charge >= 0.3 is 0 Å². The normalized spacial score (nSPS) is 15.6. The fourth-order valence-corrected chi connectivity index (χ4v) is 2.07. The summed E-state index contributed by atoms with van der Waals surface area (Å²) in [6.07, 6.45) is 3.37. The van der Waals surface area contributed by atoms with E-state index in [4.69, 9.17) is 11.6 Å². The molecule has 0 spiro atoms. The van der Waals surface area contributed by atoms with Crippen molar-refractivity contribution in [3.63, 3.8) is 0 Å². The summed E-state index contributed by atoms with van der Waals surface area (Å²) in [6.45, 7) is 6.37. The van der Waals surface area contributed by atoms with Crippen LogP contribution in [-0.4, -0.2) is 11.4 Å². The predicted molar refractivity (Wildman–Crippen MR) is 69.8 cm³/mol. The van der Waals surface area contributed by atoms with Gasteiger partial charge in [0.05, 0.1) is 16.4 Å². The largest absolute Gasteiger partial charge is 0.340 e. The summed E-state index contributed by atoms with van der Waals surface area (Å²) in [5, 5.41) is 0.517. The number of nitrogens with zero attached hydrogens (tertiary/aromatic N) is 1. The molecule has 0 aromatic heterocycles. The van der Waals surface area contributed by atoms with Crippen LogP contribution in [0, 0.1) is 11.6 Å². The second-order valence-electron chi connectivity index (χ2n) is 3.88. The Labute approximate surface area is 110 Å². The molecule has 0 saturated heterocycles. The predicted octanol–water partition coefficient (Wildman–Crippen LogP) is 4.28. The summed E-state index contributed by atoms with van der Waals surface area (Å²) in [4.78, 5) is 1.79. The zero-order valence-corrected chi connectivity index (χ0v) is 10.6. The zero-order chi connectivity index (χ0) is 13.3. The molecule has 1 nitrogen and oxygen atoms in total. The molecule has 2 rings (SSSR count). The molecule has 1 heterocycles. The summed E-state index contributed by atoms with van der Waals surface area (Å²) >= 11 is 5.98. The highest BCUT2D eigenvalue weighted by Crippen LogP contribution is 2.33. The van der Waals surface area contributed by atoms with Crippen molar-refractivity contribution in [3.05, 3.63) is 64.9 Å². The molecule has 1 aliphatic heterocycles. The highest BCUT2D eigenvalue weighted by Gasteiger charge is 2.20. The van der Waals surface area contributed by atoms with E-state index in [9.17, 15) is 8.78 Å². The molecule has 0 amide bonds. The summed E-state index contributed by atoms with van der Waals surface area (Å²) in [7, 11) is 0. The standard InChI is InChI=1S/C14H12ClF2N/c1-3-18-9(2)12(15)6-7-14(18)11-5-4-10(16)8-13(11)17/h4-8H,2-3H2,1H3. The van der Waals surface area contributed by atoms with Crippen molar-refractivity contribution in [2.75, 3.05) is 6.54 Å². The Bertz CT molecular complexity index is 561. The van der Waals surface area contributed by atoms with Crippen LogP contribution in [0.15, 0.2) is 47.7 Å². The lowest BCUT2D eigenvalue weighted by molar-refractivity contribution is 0.517. The molecule has 4 heteroatoms. The van der Waals surface area contributed by atoms with E-state index < -0.39 is 11.6 Å². The zero-order valence-electron chi connectivity index (χ0n) is 9.88. The molecule has 0 fully saturated rings. The van der Waals surface area contributed by atoms with Crippen molar-refractivity contribution >= 4 is 17.3 Å². The van der Waals surface area contributed by atoms with Crippen molar-refractivity contribution in [1.29, 1.82) is 0 Å². The first kappa shape index (κ1) is 12.8. The van der Waals surface area contributed by atoms with Gasteiger partial charge in [-0.05, 0) is 31.2 Å². The summed E-state index contributed by atoms with van der Waals surface area (Å²) in [5.41, 5.74) is 1.57. The third-order valence-corrected chi connectivity index (χ3v) is 3.15. The Morgan fingerprint density at radius 3 is 2.61 bits per heavy atom. The van der Waals surface area contributed by atoms with Gasteiger partial charge in [-0.3, -0.25) is 0 Å². The molecule has 1 aromatic rings. The van der Waals surface area contributed by atoms with Crippen molar-refractivity contribution in [2.45, 2.75) is 6.92 Å². The number of benzene rings is 1. The third kappa shape index (κ3) is 2.18. The van der Waals surface area contributed by atoms with E-state index in [2.05, 4.69) is 6.58 Å². The van der Waals surface area contributed by atoms with E-state index in [0.717, 1.165) is 6.07 Å². The molecule has 0 atom stereocenters. The first-order valence-electron chi connectivity index (χ1n) is 5.54. The Hall–Kier alpha value is -1.61. The van der Waals surface area contributed by atoms with Gasteiger partial charge in [-0.2, -0.15) is 0 Å². The maximum Gasteiger partial charge on any atom is 0.135 e. The minimum absolute atomic E-state index is 0.333. The molecule has 0 bridgehead atoms. The number of allylic oxidation sites excluding steroid dienone is 3. The van der Waals surface area contributed by atoms with Crippen LogP contribution in [0.2, 0.25) is 0 Å². The Balaban J connectivity index is 2.52. The molecule has 18 heavy (non-hydrogen) atoms. The van der Waals surface area contributed by atoms with Crippen LogP contribution < -0.4 is 0 Å². The maximum atomic E-state index is 13.8. The molecule has 94 valence electrons. The minimum Gasteiger partial charge on any atom is -0.340 e. The van der Waals surface area contributed by atoms with Crippen molar-refractivity contribution in [3.8, 4) is 0 Å². The SMILES string of the molecule is C=C1C(Cl)=CC=C(c2ccc(F)cc2F)N1CC. The molecule has 0 radical (unpaired) electrons. The number of hydrogen-bond donors (Lipinski definition) is 0. The molecular formula is C14H12ClF2N. The topological polar surface area (TPSA) is 3.24 Å². The number of rotatable bonds is 2.